The Morgan fingerprint density at radius 1 is 0.490 bits per heavy atom. The SMILES string of the molecule is C[C@@H](C(=O)N1CCN(c2ccc(S(=O)(=O)Nc3nccs3)cn2)CC1)n1ccc2ccc(Cl)cc21.C[C@H](C(=O)N1CCN(c2ccc(S(=O)(=O)Nc3nccs3)cn2)CC1)n1ccc2cccc(F)c21.Cc1cc(Cl)ccc1O[C@H](C)C(=O)N1CCN(c2ccc(S(=O)(=O)Nc3nccs3)cn2)CC1.[HH].[HH].[HH].[HH]. The molecule has 3 aliphatic rings. The first-order valence-electron chi connectivity index (χ1n) is 32.6. The molecule has 3 N–H and O–H groups in total. The van der Waals surface area contributed by atoms with E-state index in [1.165, 1.54) is 95.5 Å². The Balaban J connectivity index is 0.000000200. The molecule has 0 unspecified atom stereocenters. The number of carbonyl (C=O) groups is 3. The van der Waals surface area contributed by atoms with Crippen LogP contribution >= 0.6 is 57.2 Å². The monoisotopic (exact) mass is 1570 g/mol. The highest BCUT2D eigenvalue weighted by Gasteiger charge is 2.32. The molecule has 0 spiro atoms. The fraction of sp³-hybridized carbons (Fsp3) is 0.279. The Labute approximate surface area is 627 Å². The lowest BCUT2D eigenvalue weighted by Crippen LogP contribution is -2.52. The van der Waals surface area contributed by atoms with E-state index in [1.807, 2.05) is 80.6 Å². The van der Waals surface area contributed by atoms with Crippen molar-refractivity contribution in [3.05, 3.63) is 190 Å². The van der Waals surface area contributed by atoms with Crippen LogP contribution in [0, 0.1) is 12.7 Å². The molecule has 104 heavy (non-hydrogen) atoms. The molecule has 3 aromatic carbocycles. The maximum atomic E-state index is 14.4. The summed E-state index contributed by atoms with van der Waals surface area (Å²) in [5.41, 5.74) is 2.23. The molecule has 0 bridgehead atoms. The van der Waals surface area contributed by atoms with Crippen LogP contribution in [0.3, 0.4) is 0 Å². The number of aryl methyl sites for hydroxylation is 1. The van der Waals surface area contributed by atoms with Gasteiger partial charge in [0.2, 0.25) is 11.8 Å². The Morgan fingerprint density at radius 2 is 0.894 bits per heavy atom. The van der Waals surface area contributed by atoms with Crippen molar-refractivity contribution >= 4 is 160 Å². The first-order valence-corrected chi connectivity index (χ1v) is 40.4. The van der Waals surface area contributed by atoms with Crippen LogP contribution in [0.2, 0.25) is 10.0 Å². The Hall–Kier alpha value is -9.55. The topological polar surface area (TPSA) is 306 Å². The standard InChI is InChI=1S/C23H23ClN6O3S2.C23H23FN6O3S2.C22H24ClN5O4S2.4H2/c1-16(30-8-6-17-2-3-18(24)14-20(17)30)22(31)29-11-9-28(10-12-29)21-5-4-19(15-26-21)35(32,33)27-23-25-7-13-34-23;1-16(30-9-7-17-3-2-4-19(24)21(17)30)22(31)29-12-10-28(11-13-29)20-6-5-18(15-26-20)35(32,33)27-23-25-8-14-34-23;1-15-13-17(23)3-5-19(15)32-16(2)21(29)28-10-8-27(9-11-28)20-6-4-18(14-25-20)34(30,31)26-22-24-7-12-33-22;;;;/h2-8,13-16H,9-12H2,1H3,(H,25,27);2-9,14-16H,10-13H2,1H3,(H,25,27);3-7,12-14,16H,8-11H2,1-2H3,(H,24,26);4*1H/t3*16-;;;;/m011..../s1. The molecule has 3 atom stereocenters. The summed E-state index contributed by atoms with van der Waals surface area (Å²) in [6.45, 7) is 13.9. The van der Waals surface area contributed by atoms with E-state index < -0.39 is 42.2 Å². The predicted molar refractivity (Wildman–Crippen MR) is 411 cm³/mol. The van der Waals surface area contributed by atoms with Gasteiger partial charge in [0.05, 0.1) is 11.0 Å². The number of halogens is 3. The van der Waals surface area contributed by atoms with Gasteiger partial charge in [-0.15, -0.1) is 34.0 Å². The zero-order valence-corrected chi connectivity index (χ0v) is 62.7. The molecule has 11 aromatic rings. The van der Waals surface area contributed by atoms with E-state index >= 15 is 0 Å². The number of benzene rings is 3. The van der Waals surface area contributed by atoms with Crippen LogP contribution in [-0.2, 0) is 44.5 Å². The van der Waals surface area contributed by atoms with Crippen molar-refractivity contribution in [3.63, 3.8) is 0 Å². The summed E-state index contributed by atoms with van der Waals surface area (Å²) >= 11 is 15.7. The van der Waals surface area contributed by atoms with Crippen molar-refractivity contribution in [1.82, 2.24) is 53.7 Å². The summed E-state index contributed by atoms with van der Waals surface area (Å²) in [7, 11) is -11.3. The lowest BCUT2D eigenvalue weighted by atomic mass is 10.2. The molecule has 11 heterocycles. The van der Waals surface area contributed by atoms with E-state index in [1.54, 1.807) is 93.0 Å². The molecule has 3 amide bonds. The first-order chi connectivity index (χ1) is 49.9. The number of piperazine rings is 3. The molecule has 0 radical (unpaired) electrons. The molecule has 3 aliphatic heterocycles. The third-order valence-electron chi connectivity index (χ3n) is 17.5. The van der Waals surface area contributed by atoms with Crippen molar-refractivity contribution < 1.29 is 54.5 Å². The van der Waals surface area contributed by atoms with E-state index in [0.717, 1.165) is 21.9 Å². The highest BCUT2D eigenvalue weighted by molar-refractivity contribution is 7.93. The van der Waals surface area contributed by atoms with Crippen LogP contribution in [0.25, 0.3) is 21.8 Å². The molecule has 552 valence electrons. The third-order valence-corrected chi connectivity index (χ3v) is 24.4. The lowest BCUT2D eigenvalue weighted by Gasteiger charge is -2.36. The number of para-hydroxylation sites is 1. The van der Waals surface area contributed by atoms with Crippen LogP contribution in [0.4, 0.5) is 37.2 Å². The number of carbonyl (C=O) groups excluding carboxylic acids is 3. The molecule has 0 aliphatic carbocycles. The van der Waals surface area contributed by atoms with Gasteiger partial charge in [-0.2, -0.15) is 0 Å². The van der Waals surface area contributed by atoms with Crippen molar-refractivity contribution in [2.45, 2.75) is 60.6 Å². The second-order valence-corrected chi connectivity index (χ2v) is 32.8. The molecule has 36 heteroatoms. The highest BCUT2D eigenvalue weighted by Crippen LogP contribution is 2.31. The van der Waals surface area contributed by atoms with Crippen molar-refractivity contribution in [2.75, 3.05) is 107 Å². The van der Waals surface area contributed by atoms with Gasteiger partial charge in [-0.1, -0.05) is 41.4 Å². The van der Waals surface area contributed by atoms with E-state index in [-0.39, 0.29) is 50.0 Å². The second kappa shape index (κ2) is 32.2. The van der Waals surface area contributed by atoms with Crippen LogP contribution in [0.1, 0.15) is 44.1 Å². The van der Waals surface area contributed by atoms with Crippen LogP contribution in [-0.4, -0.2) is 181 Å². The van der Waals surface area contributed by atoms with Gasteiger partial charge in [0, 0.05) is 165 Å². The van der Waals surface area contributed by atoms with Crippen molar-refractivity contribution in [2.24, 2.45) is 0 Å². The number of anilines is 6. The van der Waals surface area contributed by atoms with Gasteiger partial charge < -0.3 is 43.3 Å². The maximum Gasteiger partial charge on any atom is 0.265 e. The van der Waals surface area contributed by atoms with E-state index in [2.05, 4.69) is 44.1 Å². The van der Waals surface area contributed by atoms with Gasteiger partial charge in [-0.25, -0.2) is 59.5 Å². The number of rotatable bonds is 19. The normalized spacial score (nSPS) is 15.3. The van der Waals surface area contributed by atoms with Crippen LogP contribution in [0.15, 0.2) is 184 Å². The Morgan fingerprint density at radius 3 is 1.31 bits per heavy atom. The van der Waals surface area contributed by atoms with Crippen LogP contribution in [0.5, 0.6) is 5.75 Å². The molecule has 27 nitrogen and oxygen atoms in total. The molecular formula is C68H78Cl2FN17O10S6. The van der Waals surface area contributed by atoms with Gasteiger partial charge in [-0.05, 0) is 124 Å². The fourth-order valence-electron chi connectivity index (χ4n) is 11.9. The minimum absolute atomic E-state index is 0. The number of sulfonamides is 3. The molecule has 3 fully saturated rings. The number of aromatic nitrogens is 8. The Bertz CT molecular complexity index is 5190. The quantitative estimate of drug-likeness (QED) is 0.0677. The molecule has 0 saturated carbocycles. The molecule has 3 saturated heterocycles. The van der Waals surface area contributed by atoms with Crippen molar-refractivity contribution in [1.29, 1.82) is 0 Å². The van der Waals surface area contributed by atoms with Crippen LogP contribution < -0.4 is 33.6 Å². The Kier molecular flexibility index (Phi) is 23.0. The fourth-order valence-corrected chi connectivity index (χ4v) is 17.5. The number of pyridine rings is 3. The van der Waals surface area contributed by atoms with Gasteiger partial charge in [0.25, 0.3) is 36.0 Å². The number of hydrogen-bond donors (Lipinski definition) is 3. The summed E-state index contributed by atoms with van der Waals surface area (Å²) in [5, 5.41) is 9.02. The minimum Gasteiger partial charge on any atom is -0.481 e. The average Bonchev–Trinajstić information content (AvgIpc) is 1.62. The smallest absolute Gasteiger partial charge is 0.265 e. The molecule has 14 rings (SSSR count). The first kappa shape index (κ1) is 74.2. The van der Waals surface area contributed by atoms with E-state index in [0.29, 0.717) is 133 Å². The van der Waals surface area contributed by atoms with Gasteiger partial charge in [-0.3, -0.25) is 28.5 Å². The number of hydrogen-bond acceptors (Lipinski definition) is 22. The van der Waals surface area contributed by atoms with Crippen molar-refractivity contribution in [3.8, 4) is 5.75 Å². The lowest BCUT2D eigenvalue weighted by molar-refractivity contribution is -0.138. The maximum absolute atomic E-state index is 14.4. The number of thiazole rings is 3. The van der Waals surface area contributed by atoms with E-state index in [4.69, 9.17) is 27.9 Å². The second-order valence-electron chi connectivity index (χ2n) is 24.2. The zero-order chi connectivity index (χ0) is 73.5. The summed E-state index contributed by atoms with van der Waals surface area (Å²) in [6.07, 6.45) is 11.6. The number of nitrogens with zero attached hydrogens (tertiary/aromatic N) is 14. The number of fused-ring (bicyclic) bond motifs is 2. The van der Waals surface area contributed by atoms with Gasteiger partial charge >= 0.3 is 0 Å². The average molecular weight is 1580 g/mol. The third kappa shape index (κ3) is 17.5. The summed E-state index contributed by atoms with van der Waals surface area (Å²) in [6, 6.07) is 28.3. The van der Waals surface area contributed by atoms with Gasteiger partial charge in [0.15, 0.2) is 21.5 Å². The van der Waals surface area contributed by atoms with Gasteiger partial charge in [0.1, 0.15) is 55.8 Å². The highest BCUT2D eigenvalue weighted by atomic mass is 35.5. The number of ether oxygens (including phenoxy) is 1. The summed E-state index contributed by atoms with van der Waals surface area (Å²) in [5.74, 6) is 2.12. The summed E-state index contributed by atoms with van der Waals surface area (Å²) < 4.78 is 106. The number of nitrogens with one attached hydrogen (secondary N) is 3. The zero-order valence-electron chi connectivity index (χ0n) is 56.3. The number of amides is 3. The molecule has 8 aromatic heterocycles. The largest absolute Gasteiger partial charge is 0.481 e. The molecular weight excluding hydrogens is 1500 g/mol. The van der Waals surface area contributed by atoms with E-state index in [9.17, 15) is 44.0 Å². The predicted octanol–water partition coefficient (Wildman–Crippen LogP) is 11.6. The summed E-state index contributed by atoms with van der Waals surface area (Å²) in [4.78, 5) is 75.7. The minimum atomic E-state index is -3.77.